The zero-order chi connectivity index (χ0) is 14.9. The molecule has 5 heteroatoms. The van der Waals surface area contributed by atoms with Gasteiger partial charge in [-0.25, -0.2) is 9.07 Å². The number of hydrogen-bond acceptors (Lipinski definition) is 3. The Hall–Kier alpha value is -2.79. The van der Waals surface area contributed by atoms with Gasteiger partial charge >= 0.3 is 0 Å². The van der Waals surface area contributed by atoms with E-state index >= 15 is 0 Å². The third-order valence-electron chi connectivity index (χ3n) is 2.92. The summed E-state index contributed by atoms with van der Waals surface area (Å²) in [6, 6.07) is 5.99. The van der Waals surface area contributed by atoms with Gasteiger partial charge in [-0.05, 0) is 25.1 Å². The zero-order valence-electron chi connectivity index (χ0n) is 11.5. The summed E-state index contributed by atoms with van der Waals surface area (Å²) in [5, 5.41) is 13.3. The first-order valence-electron chi connectivity index (χ1n) is 5.92. The van der Waals surface area contributed by atoms with E-state index in [1.54, 1.807) is 15.6 Å². The smallest absolute Gasteiger partial charge is 0.166 e. The highest BCUT2D eigenvalue weighted by molar-refractivity contribution is 5.59. The molecule has 0 amide bonds. The van der Waals surface area contributed by atoms with E-state index in [0.29, 0.717) is 17.1 Å². The van der Waals surface area contributed by atoms with E-state index in [4.69, 9.17) is 11.7 Å². The normalized spacial score (nSPS) is 9.90. The predicted molar refractivity (Wildman–Crippen MR) is 75.2 cm³/mol. The van der Waals surface area contributed by atoms with Gasteiger partial charge in [0, 0.05) is 14.1 Å². The molecule has 0 radical (unpaired) electrons. The van der Waals surface area contributed by atoms with E-state index in [0.717, 1.165) is 5.69 Å². The van der Waals surface area contributed by atoms with Gasteiger partial charge < -0.3 is 4.90 Å². The number of aromatic nitrogens is 2. The summed E-state index contributed by atoms with van der Waals surface area (Å²) in [6.07, 6.45) is 5.51. The number of hydrogen-bond donors (Lipinski definition) is 0. The van der Waals surface area contributed by atoms with Gasteiger partial charge in [-0.15, -0.1) is 11.5 Å². The quantitative estimate of drug-likeness (QED) is 0.785. The van der Waals surface area contributed by atoms with Crippen molar-refractivity contribution in [1.82, 2.24) is 9.78 Å². The van der Waals surface area contributed by atoms with Crippen LogP contribution in [-0.2, 0) is 0 Å². The first-order chi connectivity index (χ1) is 9.47. The predicted octanol–water partition coefficient (Wildman–Crippen LogP) is 2.24. The van der Waals surface area contributed by atoms with Crippen LogP contribution in [0.15, 0.2) is 18.2 Å². The highest BCUT2D eigenvalue weighted by Gasteiger charge is 2.16. The standard InChI is InChI=1S/C15H13FN4/c1-5-14-10(2)20(18-15(14)19(3)4)13-7-11(9-17)6-12(16)8-13/h1,6-8H,2-4H3. The van der Waals surface area contributed by atoms with Gasteiger partial charge in [0.15, 0.2) is 5.82 Å². The molecule has 2 rings (SSSR count). The Balaban J connectivity index is 2.69. The molecule has 0 bridgehead atoms. The summed E-state index contributed by atoms with van der Waals surface area (Å²) in [6.45, 7) is 1.81. The number of anilines is 1. The number of nitriles is 1. The molecule has 1 aromatic carbocycles. The highest BCUT2D eigenvalue weighted by atomic mass is 19.1. The van der Waals surface area contributed by atoms with Gasteiger partial charge in [-0.1, -0.05) is 5.92 Å². The van der Waals surface area contributed by atoms with Crippen molar-refractivity contribution < 1.29 is 4.39 Å². The van der Waals surface area contributed by atoms with E-state index < -0.39 is 5.82 Å². The monoisotopic (exact) mass is 268 g/mol. The molecule has 0 saturated carbocycles. The van der Waals surface area contributed by atoms with E-state index in [1.165, 1.54) is 12.1 Å². The Morgan fingerprint density at radius 3 is 2.55 bits per heavy atom. The SMILES string of the molecule is C#Cc1c(N(C)C)nn(-c2cc(F)cc(C#N)c2)c1C. The van der Waals surface area contributed by atoms with Crippen molar-refractivity contribution in [3.05, 3.63) is 40.8 Å². The summed E-state index contributed by atoms with van der Waals surface area (Å²) in [4.78, 5) is 1.79. The summed E-state index contributed by atoms with van der Waals surface area (Å²) < 4.78 is 15.1. The van der Waals surface area contributed by atoms with Crippen LogP contribution >= 0.6 is 0 Å². The molecule has 4 nitrogen and oxygen atoms in total. The fourth-order valence-corrected chi connectivity index (χ4v) is 1.98. The zero-order valence-corrected chi connectivity index (χ0v) is 11.5. The third kappa shape index (κ3) is 2.22. The van der Waals surface area contributed by atoms with E-state index in [1.807, 2.05) is 27.1 Å². The van der Waals surface area contributed by atoms with Crippen LogP contribution in [-0.4, -0.2) is 23.9 Å². The van der Waals surface area contributed by atoms with Crippen LogP contribution in [0.3, 0.4) is 0 Å². The first-order valence-corrected chi connectivity index (χ1v) is 5.92. The largest absolute Gasteiger partial charge is 0.360 e. The average molecular weight is 268 g/mol. The summed E-state index contributed by atoms with van der Waals surface area (Å²) in [7, 11) is 3.67. The first kappa shape index (κ1) is 13.6. The number of rotatable bonds is 2. The number of nitrogens with zero attached hydrogens (tertiary/aromatic N) is 4. The van der Waals surface area contributed by atoms with Gasteiger partial charge in [0.25, 0.3) is 0 Å². The maximum atomic E-state index is 13.5. The Morgan fingerprint density at radius 1 is 1.35 bits per heavy atom. The fourth-order valence-electron chi connectivity index (χ4n) is 1.98. The lowest BCUT2D eigenvalue weighted by Gasteiger charge is -2.08. The second-order valence-electron chi connectivity index (χ2n) is 4.54. The number of terminal acetylenes is 1. The van der Waals surface area contributed by atoms with Crippen LogP contribution in [0.1, 0.15) is 16.8 Å². The van der Waals surface area contributed by atoms with Crippen molar-refractivity contribution in [2.45, 2.75) is 6.92 Å². The van der Waals surface area contributed by atoms with Crippen molar-refractivity contribution in [3.8, 4) is 24.1 Å². The summed E-state index contributed by atoms with van der Waals surface area (Å²) in [5.74, 6) is 2.74. The van der Waals surface area contributed by atoms with Crippen LogP contribution < -0.4 is 4.90 Å². The molecular formula is C15H13FN4. The Labute approximate surface area is 117 Å². The van der Waals surface area contributed by atoms with Crippen LogP contribution in [0, 0.1) is 36.4 Å². The van der Waals surface area contributed by atoms with Crippen LogP contribution in [0.25, 0.3) is 5.69 Å². The van der Waals surface area contributed by atoms with E-state index in [2.05, 4.69) is 11.0 Å². The van der Waals surface area contributed by atoms with Crippen LogP contribution in [0.4, 0.5) is 10.2 Å². The molecule has 0 aliphatic heterocycles. The third-order valence-corrected chi connectivity index (χ3v) is 2.92. The number of benzene rings is 1. The van der Waals surface area contributed by atoms with Gasteiger partial charge in [0.1, 0.15) is 5.82 Å². The van der Waals surface area contributed by atoms with E-state index in [-0.39, 0.29) is 5.56 Å². The minimum Gasteiger partial charge on any atom is -0.360 e. The van der Waals surface area contributed by atoms with E-state index in [9.17, 15) is 4.39 Å². The molecule has 0 spiro atoms. The Kier molecular flexibility index (Phi) is 3.45. The molecule has 0 saturated heterocycles. The molecule has 1 heterocycles. The van der Waals surface area contributed by atoms with Crippen molar-refractivity contribution in [2.24, 2.45) is 0 Å². The van der Waals surface area contributed by atoms with Gasteiger partial charge in [-0.2, -0.15) is 5.26 Å². The van der Waals surface area contributed by atoms with Crippen molar-refractivity contribution in [2.75, 3.05) is 19.0 Å². The maximum Gasteiger partial charge on any atom is 0.166 e. The lowest BCUT2D eigenvalue weighted by molar-refractivity contribution is 0.624. The fraction of sp³-hybridized carbons (Fsp3) is 0.200. The Bertz CT molecular complexity index is 744. The second kappa shape index (κ2) is 5.07. The molecule has 0 fully saturated rings. The highest BCUT2D eigenvalue weighted by Crippen LogP contribution is 2.24. The molecule has 0 atom stereocenters. The molecular weight excluding hydrogens is 255 g/mol. The maximum absolute atomic E-state index is 13.5. The summed E-state index contributed by atoms with van der Waals surface area (Å²) in [5.41, 5.74) is 2.09. The molecule has 20 heavy (non-hydrogen) atoms. The van der Waals surface area contributed by atoms with Gasteiger partial charge in [0.05, 0.1) is 28.6 Å². The molecule has 0 unspecified atom stereocenters. The van der Waals surface area contributed by atoms with Crippen molar-refractivity contribution in [3.63, 3.8) is 0 Å². The lowest BCUT2D eigenvalue weighted by Crippen LogP contribution is -2.11. The molecule has 100 valence electrons. The second-order valence-corrected chi connectivity index (χ2v) is 4.54. The Morgan fingerprint density at radius 2 is 2.05 bits per heavy atom. The lowest BCUT2D eigenvalue weighted by atomic mass is 10.2. The van der Waals surface area contributed by atoms with Crippen molar-refractivity contribution >= 4 is 5.82 Å². The van der Waals surface area contributed by atoms with Crippen molar-refractivity contribution in [1.29, 1.82) is 5.26 Å². The van der Waals surface area contributed by atoms with Crippen LogP contribution in [0.2, 0.25) is 0 Å². The molecule has 2 aromatic rings. The topological polar surface area (TPSA) is 44.9 Å². The minimum absolute atomic E-state index is 0.239. The van der Waals surface area contributed by atoms with Crippen LogP contribution in [0.5, 0.6) is 0 Å². The molecule has 0 aliphatic carbocycles. The summed E-state index contributed by atoms with van der Waals surface area (Å²) >= 11 is 0. The van der Waals surface area contributed by atoms with Gasteiger partial charge in [0.2, 0.25) is 0 Å². The minimum atomic E-state index is -0.484. The van der Waals surface area contributed by atoms with Gasteiger partial charge in [-0.3, -0.25) is 0 Å². The molecule has 0 N–H and O–H groups in total. The number of halogens is 1. The average Bonchev–Trinajstić information content (AvgIpc) is 2.75. The molecule has 1 aromatic heterocycles. The molecule has 0 aliphatic rings.